The first-order valence-electron chi connectivity index (χ1n) is 10.5. The lowest BCUT2D eigenvalue weighted by molar-refractivity contribution is -0.121. The quantitative estimate of drug-likeness (QED) is 0.688. The van der Waals surface area contributed by atoms with E-state index in [1.807, 2.05) is 37.8 Å². The second-order valence-corrected chi connectivity index (χ2v) is 10.1. The number of benzene rings is 2. The summed E-state index contributed by atoms with van der Waals surface area (Å²) in [6.07, 6.45) is 0. The van der Waals surface area contributed by atoms with E-state index in [2.05, 4.69) is 5.32 Å². The molecule has 0 aromatic heterocycles. The second-order valence-electron chi connectivity index (χ2n) is 8.27. The molecule has 0 saturated carbocycles. The zero-order valence-corrected chi connectivity index (χ0v) is 19.7. The molecule has 172 valence electrons. The van der Waals surface area contributed by atoms with Crippen LogP contribution in [-0.4, -0.2) is 61.7 Å². The largest absolute Gasteiger partial charge is 0.366 e. The topological polar surface area (TPSA) is 113 Å². The number of nitrogens with zero attached hydrogens (tertiary/aromatic N) is 2. The van der Waals surface area contributed by atoms with Crippen LogP contribution in [0.25, 0.3) is 0 Å². The summed E-state index contributed by atoms with van der Waals surface area (Å²) in [7, 11) is -3.60. The Morgan fingerprint density at radius 3 is 2.00 bits per heavy atom. The zero-order chi connectivity index (χ0) is 23.6. The number of aryl methyl sites for hydroxylation is 3. The van der Waals surface area contributed by atoms with E-state index in [4.69, 9.17) is 5.73 Å². The molecule has 3 rings (SSSR count). The van der Waals surface area contributed by atoms with Crippen molar-refractivity contribution in [3.05, 3.63) is 58.7 Å². The first kappa shape index (κ1) is 23.9. The van der Waals surface area contributed by atoms with Crippen LogP contribution in [0.1, 0.15) is 34.0 Å². The summed E-state index contributed by atoms with van der Waals surface area (Å²) >= 11 is 0. The molecule has 0 unspecified atom stereocenters. The maximum absolute atomic E-state index is 13.3. The van der Waals surface area contributed by atoms with Gasteiger partial charge in [-0.15, -0.1) is 0 Å². The molecular formula is C23H30N4O4S. The molecule has 2 aromatic rings. The molecular weight excluding hydrogens is 428 g/mol. The number of sulfonamides is 1. The Kier molecular flexibility index (Phi) is 7.02. The van der Waals surface area contributed by atoms with Gasteiger partial charge < -0.3 is 11.1 Å². The first-order valence-corrected chi connectivity index (χ1v) is 12.0. The highest BCUT2D eigenvalue weighted by Gasteiger charge is 2.33. The van der Waals surface area contributed by atoms with Gasteiger partial charge in [0.1, 0.15) is 0 Å². The van der Waals surface area contributed by atoms with Crippen molar-refractivity contribution in [3.8, 4) is 0 Å². The summed E-state index contributed by atoms with van der Waals surface area (Å²) in [6, 6.07) is 9.71. The van der Waals surface area contributed by atoms with Gasteiger partial charge >= 0.3 is 0 Å². The van der Waals surface area contributed by atoms with Gasteiger partial charge in [-0.1, -0.05) is 17.7 Å². The summed E-state index contributed by atoms with van der Waals surface area (Å²) in [6.45, 7) is 8.95. The minimum atomic E-state index is -3.60. The fourth-order valence-corrected chi connectivity index (χ4v) is 6.00. The van der Waals surface area contributed by atoms with Gasteiger partial charge in [0.2, 0.25) is 21.8 Å². The van der Waals surface area contributed by atoms with E-state index in [-0.39, 0.29) is 5.91 Å². The van der Waals surface area contributed by atoms with Gasteiger partial charge in [0.05, 0.1) is 10.9 Å². The van der Waals surface area contributed by atoms with Crippen molar-refractivity contribution in [2.45, 2.75) is 38.6 Å². The highest BCUT2D eigenvalue weighted by Crippen LogP contribution is 2.26. The van der Waals surface area contributed by atoms with Gasteiger partial charge in [0.15, 0.2) is 0 Å². The molecule has 3 N–H and O–H groups in total. The Labute approximate surface area is 189 Å². The molecule has 1 fully saturated rings. The van der Waals surface area contributed by atoms with Crippen LogP contribution in [0.5, 0.6) is 0 Å². The normalized spacial score (nSPS) is 16.5. The summed E-state index contributed by atoms with van der Waals surface area (Å²) in [4.78, 5) is 26.2. The van der Waals surface area contributed by atoms with Gasteiger partial charge in [-0.25, -0.2) is 8.42 Å². The number of nitrogens with two attached hydrogens (primary N) is 1. The van der Waals surface area contributed by atoms with E-state index in [1.54, 1.807) is 31.2 Å². The smallest absolute Gasteiger partial charge is 0.248 e. The van der Waals surface area contributed by atoms with Crippen LogP contribution < -0.4 is 11.1 Å². The van der Waals surface area contributed by atoms with Crippen molar-refractivity contribution in [1.82, 2.24) is 9.21 Å². The van der Waals surface area contributed by atoms with Crippen molar-refractivity contribution >= 4 is 27.5 Å². The van der Waals surface area contributed by atoms with E-state index in [9.17, 15) is 18.0 Å². The minimum absolute atomic E-state index is 0.196. The number of hydrogen-bond donors (Lipinski definition) is 2. The third kappa shape index (κ3) is 5.01. The van der Waals surface area contributed by atoms with Crippen LogP contribution in [0.4, 0.5) is 5.69 Å². The van der Waals surface area contributed by atoms with E-state index in [0.29, 0.717) is 42.3 Å². The molecule has 2 amide bonds. The Morgan fingerprint density at radius 2 is 1.50 bits per heavy atom. The summed E-state index contributed by atoms with van der Waals surface area (Å²) in [5.74, 6) is -0.724. The van der Waals surface area contributed by atoms with Crippen LogP contribution in [0.3, 0.4) is 0 Å². The lowest BCUT2D eigenvalue weighted by Gasteiger charge is -2.37. The van der Waals surface area contributed by atoms with Crippen molar-refractivity contribution in [2.75, 3.05) is 31.5 Å². The van der Waals surface area contributed by atoms with E-state index < -0.39 is 22.0 Å². The number of primary amides is 1. The lowest BCUT2D eigenvalue weighted by Crippen LogP contribution is -2.54. The van der Waals surface area contributed by atoms with E-state index in [0.717, 1.165) is 16.7 Å². The highest BCUT2D eigenvalue weighted by molar-refractivity contribution is 7.89. The van der Waals surface area contributed by atoms with Crippen LogP contribution >= 0.6 is 0 Å². The molecule has 1 saturated heterocycles. The molecule has 0 radical (unpaired) electrons. The van der Waals surface area contributed by atoms with Gasteiger partial charge in [-0.3, -0.25) is 14.5 Å². The average Bonchev–Trinajstić information content (AvgIpc) is 2.72. The van der Waals surface area contributed by atoms with Gasteiger partial charge in [0.25, 0.3) is 0 Å². The van der Waals surface area contributed by atoms with Crippen molar-refractivity contribution in [3.63, 3.8) is 0 Å². The predicted octanol–water partition coefficient (Wildman–Crippen LogP) is 2.04. The summed E-state index contributed by atoms with van der Waals surface area (Å²) in [5, 5.41) is 2.83. The fourth-order valence-electron chi connectivity index (χ4n) is 4.16. The third-order valence-corrected chi connectivity index (χ3v) is 8.04. The molecule has 1 aliphatic heterocycles. The summed E-state index contributed by atoms with van der Waals surface area (Å²) in [5.41, 5.74) is 8.70. The Hall–Kier alpha value is -2.75. The van der Waals surface area contributed by atoms with Gasteiger partial charge in [0, 0.05) is 37.4 Å². The number of amides is 2. The number of hydrogen-bond acceptors (Lipinski definition) is 5. The highest BCUT2D eigenvalue weighted by atomic mass is 32.2. The number of carbonyl (C=O) groups is 2. The standard InChI is InChI=1S/C23H30N4O4S/c1-15-13-16(2)21(17(3)14-15)32(30,31)27-11-9-26(10-12-27)18(4)23(29)25-20-7-5-19(6-8-20)22(24)28/h5-8,13-14,18H,9-12H2,1-4H3,(H2,24,28)(H,25,29)/t18-/m0/s1. The average molecular weight is 459 g/mol. The number of nitrogens with one attached hydrogen (secondary N) is 1. The third-order valence-electron chi connectivity index (χ3n) is 5.84. The molecule has 0 bridgehead atoms. The van der Waals surface area contributed by atoms with Crippen LogP contribution in [0.2, 0.25) is 0 Å². The van der Waals surface area contributed by atoms with Gasteiger partial charge in [-0.05, 0) is 63.1 Å². The van der Waals surface area contributed by atoms with Crippen LogP contribution in [0.15, 0.2) is 41.3 Å². The van der Waals surface area contributed by atoms with Crippen LogP contribution in [0, 0.1) is 20.8 Å². The molecule has 0 spiro atoms. The molecule has 8 nitrogen and oxygen atoms in total. The molecule has 9 heteroatoms. The minimum Gasteiger partial charge on any atom is -0.366 e. The van der Waals surface area contributed by atoms with E-state index >= 15 is 0 Å². The van der Waals surface area contributed by atoms with Crippen molar-refractivity contribution in [2.24, 2.45) is 5.73 Å². The molecule has 32 heavy (non-hydrogen) atoms. The van der Waals surface area contributed by atoms with Crippen LogP contribution in [-0.2, 0) is 14.8 Å². The number of anilines is 1. The molecule has 1 atom stereocenters. The molecule has 0 aliphatic carbocycles. The maximum Gasteiger partial charge on any atom is 0.248 e. The van der Waals surface area contributed by atoms with Gasteiger partial charge in [-0.2, -0.15) is 4.31 Å². The Morgan fingerprint density at radius 1 is 0.969 bits per heavy atom. The predicted molar refractivity (Wildman–Crippen MR) is 124 cm³/mol. The lowest BCUT2D eigenvalue weighted by atomic mass is 10.1. The molecule has 1 heterocycles. The maximum atomic E-state index is 13.3. The fraction of sp³-hybridized carbons (Fsp3) is 0.391. The Balaban J connectivity index is 1.63. The first-order chi connectivity index (χ1) is 15.0. The number of carbonyl (C=O) groups excluding carboxylic acids is 2. The number of rotatable bonds is 6. The monoisotopic (exact) mass is 458 g/mol. The van der Waals surface area contributed by atoms with Crippen molar-refractivity contribution in [1.29, 1.82) is 0 Å². The number of piperazine rings is 1. The Bertz CT molecular complexity index is 1100. The summed E-state index contributed by atoms with van der Waals surface area (Å²) < 4.78 is 28.0. The van der Waals surface area contributed by atoms with Crippen molar-refractivity contribution < 1.29 is 18.0 Å². The molecule has 2 aromatic carbocycles. The molecule has 1 aliphatic rings. The zero-order valence-electron chi connectivity index (χ0n) is 18.9. The second kappa shape index (κ2) is 9.40. The van der Waals surface area contributed by atoms with E-state index in [1.165, 1.54) is 4.31 Å². The SMILES string of the molecule is Cc1cc(C)c(S(=O)(=O)N2CCN([C@@H](C)C(=O)Nc3ccc(C(N)=O)cc3)CC2)c(C)c1.